The quantitative estimate of drug-likeness (QED) is 0.483. The Balaban J connectivity index is 1.88. The first kappa shape index (κ1) is 9.17. The van der Waals surface area contributed by atoms with Crippen molar-refractivity contribution in [2.45, 2.75) is 38.8 Å². The lowest BCUT2D eigenvalue weighted by Gasteiger charge is -2.10. The lowest BCUT2D eigenvalue weighted by Crippen LogP contribution is -2.30. The Morgan fingerprint density at radius 3 is 2.67 bits per heavy atom. The summed E-state index contributed by atoms with van der Waals surface area (Å²) in [5.74, 6) is 0. The average molecular weight is 166 g/mol. The topological polar surface area (TPSA) is 24.1 Å². The molecule has 0 unspecified atom stereocenters. The smallest absolute Gasteiger partial charge is 0.0955 e. The van der Waals surface area contributed by atoms with Crippen LogP contribution in [-0.4, -0.2) is 6.17 Å². The molecule has 0 bridgehead atoms. The van der Waals surface area contributed by atoms with E-state index in [2.05, 4.69) is 29.7 Å². The van der Waals surface area contributed by atoms with Crippen LogP contribution in [0.3, 0.4) is 0 Å². The van der Waals surface area contributed by atoms with E-state index in [1.54, 1.807) is 0 Å². The van der Waals surface area contributed by atoms with Gasteiger partial charge in [0.15, 0.2) is 0 Å². The zero-order chi connectivity index (χ0) is 8.65. The maximum Gasteiger partial charge on any atom is 0.0955 e. The minimum absolute atomic E-state index is 0.482. The van der Waals surface area contributed by atoms with Gasteiger partial charge in [-0.05, 0) is 32.6 Å². The Morgan fingerprint density at radius 2 is 2.00 bits per heavy atom. The molecule has 0 atom stereocenters. The van der Waals surface area contributed by atoms with Gasteiger partial charge in [-0.2, -0.15) is 0 Å². The highest BCUT2D eigenvalue weighted by atomic mass is 15.1. The second kappa shape index (κ2) is 5.70. The third-order valence-electron chi connectivity index (χ3n) is 2.03. The van der Waals surface area contributed by atoms with Crippen molar-refractivity contribution in [3.05, 3.63) is 24.6 Å². The molecular weight excluding hydrogens is 148 g/mol. The van der Waals surface area contributed by atoms with Gasteiger partial charge in [-0.1, -0.05) is 12.2 Å². The summed E-state index contributed by atoms with van der Waals surface area (Å²) in [6.45, 7) is 2.07. The molecule has 0 amide bonds. The molecule has 0 saturated carbocycles. The van der Waals surface area contributed by atoms with Crippen LogP contribution in [0.4, 0.5) is 0 Å². The van der Waals surface area contributed by atoms with Crippen molar-refractivity contribution in [3.8, 4) is 0 Å². The summed E-state index contributed by atoms with van der Waals surface area (Å²) in [6, 6.07) is 0. The van der Waals surface area contributed by atoms with Crippen LogP contribution < -0.4 is 10.6 Å². The van der Waals surface area contributed by atoms with Crippen molar-refractivity contribution in [2.75, 3.05) is 0 Å². The van der Waals surface area contributed by atoms with Gasteiger partial charge in [-0.3, -0.25) is 0 Å². The molecule has 1 rings (SSSR count). The minimum atomic E-state index is 0.482. The van der Waals surface area contributed by atoms with Gasteiger partial charge in [-0.25, -0.2) is 0 Å². The fraction of sp³-hybridized carbons (Fsp3) is 0.600. The van der Waals surface area contributed by atoms with Crippen molar-refractivity contribution in [1.82, 2.24) is 10.6 Å². The Bertz CT molecular complexity index is 153. The predicted molar refractivity (Wildman–Crippen MR) is 52.5 cm³/mol. The van der Waals surface area contributed by atoms with E-state index in [-0.39, 0.29) is 0 Å². The molecule has 2 heteroatoms. The molecule has 0 aromatic heterocycles. The van der Waals surface area contributed by atoms with Gasteiger partial charge in [0.1, 0.15) is 0 Å². The van der Waals surface area contributed by atoms with Gasteiger partial charge in [0.05, 0.1) is 6.17 Å². The number of hydrogen-bond donors (Lipinski definition) is 2. The summed E-state index contributed by atoms with van der Waals surface area (Å²) >= 11 is 0. The van der Waals surface area contributed by atoms with Crippen LogP contribution in [0, 0.1) is 0 Å². The molecule has 1 heterocycles. The molecular formula is C10H18N2. The van der Waals surface area contributed by atoms with Crippen molar-refractivity contribution in [3.63, 3.8) is 0 Å². The zero-order valence-corrected chi connectivity index (χ0v) is 7.72. The summed E-state index contributed by atoms with van der Waals surface area (Å²) in [5, 5.41) is 6.48. The second-order valence-electron chi connectivity index (χ2n) is 3.07. The van der Waals surface area contributed by atoms with E-state index in [9.17, 15) is 0 Å². The highest BCUT2D eigenvalue weighted by Crippen LogP contribution is 2.04. The zero-order valence-electron chi connectivity index (χ0n) is 7.72. The van der Waals surface area contributed by atoms with Crippen molar-refractivity contribution < 1.29 is 0 Å². The Hall–Kier alpha value is -0.920. The highest BCUT2D eigenvalue weighted by Gasteiger charge is 2.05. The molecule has 0 aromatic carbocycles. The van der Waals surface area contributed by atoms with Gasteiger partial charge in [0.2, 0.25) is 0 Å². The van der Waals surface area contributed by atoms with E-state index >= 15 is 0 Å². The van der Waals surface area contributed by atoms with Crippen LogP contribution in [0.2, 0.25) is 0 Å². The summed E-state index contributed by atoms with van der Waals surface area (Å²) in [6.07, 6.45) is 13.8. The third kappa shape index (κ3) is 3.46. The Morgan fingerprint density at radius 1 is 1.25 bits per heavy atom. The van der Waals surface area contributed by atoms with E-state index < -0.39 is 0 Å². The van der Waals surface area contributed by atoms with E-state index in [4.69, 9.17) is 0 Å². The normalized spacial score (nSPS) is 16.8. The summed E-state index contributed by atoms with van der Waals surface area (Å²) in [5.41, 5.74) is 0. The van der Waals surface area contributed by atoms with E-state index in [0.717, 1.165) is 0 Å². The maximum absolute atomic E-state index is 3.24. The molecule has 68 valence electrons. The first-order valence-corrected chi connectivity index (χ1v) is 4.72. The number of rotatable bonds is 5. The third-order valence-corrected chi connectivity index (χ3v) is 2.03. The average Bonchev–Trinajstić information content (AvgIpc) is 2.57. The molecule has 0 radical (unpaired) electrons. The highest BCUT2D eigenvalue weighted by molar-refractivity contribution is 4.90. The first-order chi connectivity index (χ1) is 5.93. The number of nitrogens with one attached hydrogen (secondary N) is 2. The number of unbranched alkanes of at least 4 members (excludes halogenated alkanes) is 2. The maximum atomic E-state index is 3.24. The van der Waals surface area contributed by atoms with Crippen molar-refractivity contribution in [2.24, 2.45) is 0 Å². The fourth-order valence-corrected chi connectivity index (χ4v) is 1.32. The summed E-state index contributed by atoms with van der Waals surface area (Å²) in [7, 11) is 0. The van der Waals surface area contributed by atoms with Crippen LogP contribution in [0.1, 0.15) is 32.6 Å². The van der Waals surface area contributed by atoms with Crippen LogP contribution >= 0.6 is 0 Å². The monoisotopic (exact) mass is 166 g/mol. The van der Waals surface area contributed by atoms with Crippen LogP contribution in [0.25, 0.3) is 0 Å². The van der Waals surface area contributed by atoms with Gasteiger partial charge in [-0.15, -0.1) is 0 Å². The Labute approximate surface area is 74.7 Å². The first-order valence-electron chi connectivity index (χ1n) is 4.72. The minimum Gasteiger partial charge on any atom is -0.370 e. The molecule has 1 aliphatic heterocycles. The fourth-order valence-electron chi connectivity index (χ4n) is 1.32. The second-order valence-corrected chi connectivity index (χ2v) is 3.07. The van der Waals surface area contributed by atoms with Crippen molar-refractivity contribution in [1.29, 1.82) is 0 Å². The predicted octanol–water partition coefficient (Wildman–Crippen LogP) is 2.11. The van der Waals surface area contributed by atoms with Gasteiger partial charge < -0.3 is 10.6 Å². The number of hydrogen-bond acceptors (Lipinski definition) is 2. The largest absolute Gasteiger partial charge is 0.370 e. The molecule has 0 fully saturated rings. The SMILES string of the molecule is C/C=C/CCCCC1NC=CN1. The van der Waals surface area contributed by atoms with Crippen LogP contribution in [0.15, 0.2) is 24.6 Å². The molecule has 2 N–H and O–H groups in total. The lowest BCUT2D eigenvalue weighted by atomic mass is 10.1. The van der Waals surface area contributed by atoms with Crippen LogP contribution in [-0.2, 0) is 0 Å². The molecule has 0 aromatic rings. The summed E-state index contributed by atoms with van der Waals surface area (Å²) in [4.78, 5) is 0. The summed E-state index contributed by atoms with van der Waals surface area (Å²) < 4.78 is 0. The lowest BCUT2D eigenvalue weighted by molar-refractivity contribution is 0.498. The molecule has 0 spiro atoms. The van der Waals surface area contributed by atoms with E-state index in [0.29, 0.717) is 6.17 Å². The molecule has 0 aliphatic carbocycles. The molecule has 12 heavy (non-hydrogen) atoms. The molecule has 1 aliphatic rings. The molecule has 0 saturated heterocycles. The van der Waals surface area contributed by atoms with Gasteiger partial charge >= 0.3 is 0 Å². The standard InChI is InChI=1S/C10H18N2/c1-2-3-4-5-6-7-10-11-8-9-12-10/h2-3,8-12H,4-7H2,1H3/b3-2+. The van der Waals surface area contributed by atoms with E-state index in [1.807, 2.05) is 12.4 Å². The van der Waals surface area contributed by atoms with Crippen LogP contribution in [0.5, 0.6) is 0 Å². The van der Waals surface area contributed by atoms with Gasteiger partial charge in [0, 0.05) is 12.4 Å². The van der Waals surface area contributed by atoms with Crippen molar-refractivity contribution >= 4 is 0 Å². The number of allylic oxidation sites excluding steroid dienone is 2. The molecule has 2 nitrogen and oxygen atoms in total. The van der Waals surface area contributed by atoms with Gasteiger partial charge in [0.25, 0.3) is 0 Å². The van der Waals surface area contributed by atoms with E-state index in [1.165, 1.54) is 25.7 Å². The Kier molecular flexibility index (Phi) is 4.35.